The van der Waals surface area contributed by atoms with Crippen LogP contribution in [-0.2, 0) is 0 Å². The fourth-order valence-corrected chi connectivity index (χ4v) is 4.01. The smallest absolute Gasteiger partial charge is 0.254 e. The van der Waals surface area contributed by atoms with Crippen molar-refractivity contribution < 1.29 is 4.79 Å². The normalized spacial score (nSPS) is 25.3. The van der Waals surface area contributed by atoms with Crippen LogP contribution in [0.25, 0.3) is 0 Å². The maximum atomic E-state index is 12.8. The summed E-state index contributed by atoms with van der Waals surface area (Å²) >= 11 is 0. The molecule has 1 saturated heterocycles. The van der Waals surface area contributed by atoms with Gasteiger partial charge in [0.05, 0.1) is 0 Å². The summed E-state index contributed by atoms with van der Waals surface area (Å²) in [5, 5.41) is 3.13. The highest BCUT2D eigenvalue weighted by molar-refractivity contribution is 5.96. The maximum Gasteiger partial charge on any atom is 0.254 e. The molecule has 0 radical (unpaired) electrons. The summed E-state index contributed by atoms with van der Waals surface area (Å²) in [6, 6.07) is 6.02. The lowest BCUT2D eigenvalue weighted by atomic mass is 9.75. The number of anilines is 1. The van der Waals surface area contributed by atoms with Crippen molar-refractivity contribution in [1.29, 1.82) is 0 Å². The van der Waals surface area contributed by atoms with Crippen LogP contribution in [0.2, 0.25) is 0 Å². The number of nitrogens with zero attached hydrogens (tertiary/aromatic N) is 1. The second-order valence-corrected chi connectivity index (χ2v) is 6.62. The predicted octanol–water partition coefficient (Wildman–Crippen LogP) is 3.69. The molecule has 114 valence electrons. The Balaban J connectivity index is 1.73. The minimum Gasteiger partial charge on any atom is -0.388 e. The van der Waals surface area contributed by atoms with Gasteiger partial charge >= 0.3 is 0 Å². The Kier molecular flexibility index (Phi) is 4.18. The first kappa shape index (κ1) is 14.4. The minimum absolute atomic E-state index is 0.221. The van der Waals surface area contributed by atoms with Crippen LogP contribution in [0.15, 0.2) is 18.2 Å². The number of aryl methyl sites for hydroxylation is 1. The van der Waals surface area contributed by atoms with Crippen LogP contribution in [0, 0.1) is 18.8 Å². The van der Waals surface area contributed by atoms with Gasteiger partial charge in [0.15, 0.2) is 0 Å². The van der Waals surface area contributed by atoms with E-state index in [0.29, 0.717) is 0 Å². The lowest BCUT2D eigenvalue weighted by molar-refractivity contribution is 0.0520. The highest BCUT2D eigenvalue weighted by atomic mass is 16.2. The summed E-state index contributed by atoms with van der Waals surface area (Å²) in [4.78, 5) is 14.9. The third-order valence-corrected chi connectivity index (χ3v) is 5.32. The van der Waals surface area contributed by atoms with E-state index in [1.54, 1.807) is 0 Å². The molecule has 3 nitrogen and oxygen atoms in total. The van der Waals surface area contributed by atoms with Gasteiger partial charge in [-0.1, -0.05) is 19.3 Å². The number of likely N-dealkylation sites (tertiary alicyclic amines) is 1. The van der Waals surface area contributed by atoms with Crippen LogP contribution in [0.5, 0.6) is 0 Å². The van der Waals surface area contributed by atoms with Crippen molar-refractivity contribution in [3.8, 4) is 0 Å². The molecule has 0 aromatic heterocycles. The van der Waals surface area contributed by atoms with Gasteiger partial charge in [-0.25, -0.2) is 0 Å². The fourth-order valence-electron chi connectivity index (χ4n) is 4.01. The Morgan fingerprint density at radius 3 is 2.67 bits per heavy atom. The molecule has 1 saturated carbocycles. The number of hydrogen-bond donors (Lipinski definition) is 1. The Hall–Kier alpha value is -1.51. The summed E-state index contributed by atoms with van der Waals surface area (Å²) in [6.07, 6.45) is 6.62. The Morgan fingerprint density at radius 2 is 1.95 bits per heavy atom. The van der Waals surface area contributed by atoms with Crippen molar-refractivity contribution in [3.05, 3.63) is 29.3 Å². The second-order valence-electron chi connectivity index (χ2n) is 6.62. The van der Waals surface area contributed by atoms with Gasteiger partial charge in [-0.15, -0.1) is 0 Å². The first-order valence-corrected chi connectivity index (χ1v) is 8.26. The molecule has 3 rings (SSSR count). The van der Waals surface area contributed by atoms with E-state index in [1.165, 1.54) is 32.1 Å². The van der Waals surface area contributed by atoms with Crippen LogP contribution in [-0.4, -0.2) is 30.9 Å². The van der Waals surface area contributed by atoms with Gasteiger partial charge in [-0.2, -0.15) is 0 Å². The number of fused-ring (bicyclic) bond motifs is 1. The van der Waals surface area contributed by atoms with Crippen LogP contribution >= 0.6 is 0 Å². The quantitative estimate of drug-likeness (QED) is 0.899. The highest BCUT2D eigenvalue weighted by Gasteiger charge is 2.33. The molecule has 2 aliphatic rings. The molecule has 3 heteroatoms. The van der Waals surface area contributed by atoms with Crippen LogP contribution < -0.4 is 5.32 Å². The summed E-state index contributed by atoms with van der Waals surface area (Å²) in [5.41, 5.74) is 3.00. The maximum absolute atomic E-state index is 12.8. The summed E-state index contributed by atoms with van der Waals surface area (Å²) in [6.45, 7) is 3.94. The predicted molar refractivity (Wildman–Crippen MR) is 86.7 cm³/mol. The van der Waals surface area contributed by atoms with Gasteiger partial charge in [-0.3, -0.25) is 4.79 Å². The van der Waals surface area contributed by atoms with Crippen molar-refractivity contribution in [2.75, 3.05) is 25.5 Å². The van der Waals surface area contributed by atoms with Crippen molar-refractivity contribution in [2.45, 2.75) is 39.0 Å². The fraction of sp³-hybridized carbons (Fsp3) is 0.611. The zero-order valence-electron chi connectivity index (χ0n) is 13.2. The minimum atomic E-state index is 0.221. The van der Waals surface area contributed by atoms with Gasteiger partial charge in [0.2, 0.25) is 0 Å². The molecule has 1 aliphatic heterocycles. The molecule has 1 aliphatic carbocycles. The molecule has 2 atom stereocenters. The number of hydrogen-bond acceptors (Lipinski definition) is 2. The third-order valence-electron chi connectivity index (χ3n) is 5.32. The monoisotopic (exact) mass is 286 g/mol. The second kappa shape index (κ2) is 6.08. The van der Waals surface area contributed by atoms with E-state index < -0.39 is 0 Å². The van der Waals surface area contributed by atoms with Crippen molar-refractivity contribution >= 4 is 11.6 Å². The van der Waals surface area contributed by atoms with Gasteiger partial charge in [0, 0.05) is 31.4 Å². The molecular formula is C18H26N2O. The van der Waals surface area contributed by atoms with Crippen molar-refractivity contribution in [3.63, 3.8) is 0 Å². The van der Waals surface area contributed by atoms with E-state index in [0.717, 1.165) is 41.7 Å². The van der Waals surface area contributed by atoms with E-state index in [-0.39, 0.29) is 5.91 Å². The van der Waals surface area contributed by atoms with Crippen molar-refractivity contribution in [2.24, 2.45) is 11.8 Å². The number of piperidine rings is 1. The lowest BCUT2D eigenvalue weighted by Gasteiger charge is -2.41. The molecule has 0 spiro atoms. The summed E-state index contributed by atoms with van der Waals surface area (Å²) in [7, 11) is 1.91. The number of amides is 1. The van der Waals surface area contributed by atoms with Crippen LogP contribution in [0.4, 0.5) is 5.69 Å². The zero-order valence-corrected chi connectivity index (χ0v) is 13.2. The van der Waals surface area contributed by atoms with E-state index >= 15 is 0 Å². The molecule has 1 amide bonds. The molecule has 2 unspecified atom stereocenters. The van der Waals surface area contributed by atoms with Crippen LogP contribution in [0.1, 0.15) is 48.0 Å². The summed E-state index contributed by atoms with van der Waals surface area (Å²) in [5.74, 6) is 1.84. The number of benzene rings is 1. The first-order valence-electron chi connectivity index (χ1n) is 8.26. The number of carbonyl (C=O) groups excluding carboxylic acids is 1. The van der Waals surface area contributed by atoms with Crippen molar-refractivity contribution in [1.82, 2.24) is 4.90 Å². The molecule has 0 bridgehead atoms. The highest BCUT2D eigenvalue weighted by Crippen LogP contribution is 2.36. The number of rotatable bonds is 2. The first-order chi connectivity index (χ1) is 10.2. The topological polar surface area (TPSA) is 32.3 Å². The van der Waals surface area contributed by atoms with Gasteiger partial charge < -0.3 is 10.2 Å². The molecular weight excluding hydrogens is 260 g/mol. The molecule has 1 aromatic rings. The van der Waals surface area contributed by atoms with Gasteiger partial charge in [0.25, 0.3) is 5.91 Å². The Bertz CT molecular complexity index is 526. The number of nitrogens with one attached hydrogen (secondary N) is 1. The third kappa shape index (κ3) is 2.92. The number of carbonyl (C=O) groups is 1. The van der Waals surface area contributed by atoms with Gasteiger partial charge in [0.1, 0.15) is 0 Å². The molecule has 1 aromatic carbocycles. The average molecular weight is 286 g/mol. The SMILES string of the molecule is CNc1ccc(C(=O)N2CCC3CCCCC3C2)c(C)c1. The van der Waals surface area contributed by atoms with Gasteiger partial charge in [-0.05, 0) is 55.4 Å². The van der Waals surface area contributed by atoms with E-state index in [2.05, 4.69) is 16.3 Å². The largest absolute Gasteiger partial charge is 0.388 e. The molecule has 2 fully saturated rings. The lowest BCUT2D eigenvalue weighted by Crippen LogP contribution is -2.44. The molecule has 1 N–H and O–H groups in total. The standard InChI is InChI=1S/C18H26N2O/c1-13-11-16(19-2)7-8-17(13)18(21)20-10-9-14-5-3-4-6-15(14)12-20/h7-8,11,14-15,19H,3-6,9-10,12H2,1-2H3. The van der Waals surface area contributed by atoms with E-state index in [4.69, 9.17) is 0 Å². The van der Waals surface area contributed by atoms with E-state index in [9.17, 15) is 4.79 Å². The molecule has 1 heterocycles. The Morgan fingerprint density at radius 1 is 1.19 bits per heavy atom. The zero-order chi connectivity index (χ0) is 14.8. The van der Waals surface area contributed by atoms with Crippen LogP contribution in [0.3, 0.4) is 0 Å². The molecule has 21 heavy (non-hydrogen) atoms. The average Bonchev–Trinajstić information content (AvgIpc) is 2.53. The Labute approximate surface area is 127 Å². The summed E-state index contributed by atoms with van der Waals surface area (Å²) < 4.78 is 0. The van der Waals surface area contributed by atoms with E-state index in [1.807, 2.05) is 26.1 Å².